The summed E-state index contributed by atoms with van der Waals surface area (Å²) in [7, 11) is -4.17. The fourth-order valence-corrected chi connectivity index (χ4v) is 4.99. The SMILES string of the molecule is Cc1ccc(S(=O)(=O)C(OC(N)=O)(c2ccccn2)C(C)(C)C)cc1. The summed E-state index contributed by atoms with van der Waals surface area (Å²) in [5, 5.41) is 0. The maximum absolute atomic E-state index is 13.6. The zero-order chi connectivity index (χ0) is 18.9. The number of aryl methyl sites for hydroxylation is 1. The van der Waals surface area contributed by atoms with Crippen LogP contribution in [0.5, 0.6) is 0 Å². The van der Waals surface area contributed by atoms with Crippen molar-refractivity contribution in [3.8, 4) is 0 Å². The second-order valence-corrected chi connectivity index (χ2v) is 8.87. The molecule has 0 aliphatic carbocycles. The second-order valence-electron chi connectivity index (χ2n) is 6.82. The molecule has 0 saturated carbocycles. The third-order valence-electron chi connectivity index (χ3n) is 3.94. The Morgan fingerprint density at radius 2 is 1.68 bits per heavy atom. The summed E-state index contributed by atoms with van der Waals surface area (Å²) in [6, 6.07) is 11.1. The van der Waals surface area contributed by atoms with Crippen molar-refractivity contribution < 1.29 is 17.9 Å². The maximum atomic E-state index is 13.6. The summed E-state index contributed by atoms with van der Waals surface area (Å²) in [6.07, 6.45) is 0.265. The van der Waals surface area contributed by atoms with Gasteiger partial charge < -0.3 is 10.5 Å². The molecule has 0 radical (unpaired) electrons. The molecule has 0 fully saturated rings. The summed E-state index contributed by atoms with van der Waals surface area (Å²) >= 11 is 0. The molecule has 6 nitrogen and oxygen atoms in total. The van der Waals surface area contributed by atoms with Gasteiger partial charge in [-0.15, -0.1) is 0 Å². The van der Waals surface area contributed by atoms with Crippen molar-refractivity contribution >= 4 is 15.9 Å². The van der Waals surface area contributed by atoms with E-state index in [0.29, 0.717) is 0 Å². The van der Waals surface area contributed by atoms with E-state index in [-0.39, 0.29) is 10.6 Å². The standard InChI is InChI=1S/C18H22N2O4S/c1-13-8-10-14(11-9-13)25(22,23)18(17(2,3)4,24-16(19)21)15-7-5-6-12-20-15/h5-12H,1-4H3,(H2,19,21). The number of sulfone groups is 1. The quantitative estimate of drug-likeness (QED) is 0.900. The van der Waals surface area contributed by atoms with Crippen molar-refractivity contribution in [2.24, 2.45) is 11.1 Å². The number of benzene rings is 1. The smallest absolute Gasteiger partial charge is 0.406 e. The Labute approximate surface area is 148 Å². The van der Waals surface area contributed by atoms with Crippen LogP contribution in [0.25, 0.3) is 0 Å². The minimum absolute atomic E-state index is 0.0277. The average molecular weight is 362 g/mol. The predicted octanol–water partition coefficient (Wildman–Crippen LogP) is 3.16. The molecule has 0 aliphatic heterocycles. The molecule has 2 N–H and O–H groups in total. The van der Waals surface area contributed by atoms with Crippen LogP contribution in [0.4, 0.5) is 4.79 Å². The van der Waals surface area contributed by atoms with Crippen molar-refractivity contribution in [2.45, 2.75) is 37.5 Å². The van der Waals surface area contributed by atoms with Gasteiger partial charge in [0.1, 0.15) is 5.69 Å². The highest BCUT2D eigenvalue weighted by atomic mass is 32.2. The van der Waals surface area contributed by atoms with Gasteiger partial charge in [0.15, 0.2) is 0 Å². The minimum atomic E-state index is -4.17. The Hall–Kier alpha value is -2.41. The maximum Gasteiger partial charge on any atom is 0.406 e. The highest BCUT2D eigenvalue weighted by Crippen LogP contribution is 2.49. The summed E-state index contributed by atoms with van der Waals surface area (Å²) in [4.78, 5) is 13.8. The average Bonchev–Trinajstić information content (AvgIpc) is 2.52. The molecule has 7 heteroatoms. The molecule has 134 valence electrons. The van der Waals surface area contributed by atoms with Crippen LogP contribution in [0.15, 0.2) is 53.6 Å². The Kier molecular flexibility index (Phi) is 4.90. The number of hydrogen-bond donors (Lipinski definition) is 1. The monoisotopic (exact) mass is 362 g/mol. The number of rotatable bonds is 4. The van der Waals surface area contributed by atoms with Gasteiger partial charge in [-0.1, -0.05) is 44.5 Å². The largest absolute Gasteiger partial charge is 0.419 e. The van der Waals surface area contributed by atoms with Crippen molar-refractivity contribution in [1.29, 1.82) is 0 Å². The molecule has 1 heterocycles. The lowest BCUT2D eigenvalue weighted by Gasteiger charge is -2.41. The summed E-state index contributed by atoms with van der Waals surface area (Å²) < 4.78 is 32.5. The first-order valence-corrected chi connectivity index (χ1v) is 9.22. The Morgan fingerprint density at radius 3 is 2.12 bits per heavy atom. The fourth-order valence-electron chi connectivity index (χ4n) is 2.77. The van der Waals surface area contributed by atoms with E-state index in [0.717, 1.165) is 5.56 Å². The van der Waals surface area contributed by atoms with Gasteiger partial charge in [0.2, 0.25) is 9.84 Å². The van der Waals surface area contributed by atoms with Gasteiger partial charge in [-0.25, -0.2) is 13.2 Å². The summed E-state index contributed by atoms with van der Waals surface area (Å²) in [5.74, 6) is 0. The van der Waals surface area contributed by atoms with Gasteiger partial charge >= 0.3 is 6.09 Å². The van der Waals surface area contributed by atoms with E-state index in [1.54, 1.807) is 45.0 Å². The molecule has 0 aliphatic rings. The molecular weight excluding hydrogens is 340 g/mol. The second kappa shape index (κ2) is 6.48. The molecule has 0 saturated heterocycles. The van der Waals surface area contributed by atoms with Crippen molar-refractivity contribution in [3.63, 3.8) is 0 Å². The number of hydrogen-bond acceptors (Lipinski definition) is 5. The number of ether oxygens (including phenoxy) is 1. The third kappa shape index (κ3) is 3.24. The number of pyridine rings is 1. The van der Waals surface area contributed by atoms with E-state index in [1.165, 1.54) is 24.4 Å². The minimum Gasteiger partial charge on any atom is -0.419 e. The van der Waals surface area contributed by atoms with Crippen molar-refractivity contribution in [3.05, 3.63) is 59.9 Å². The van der Waals surface area contributed by atoms with E-state index in [2.05, 4.69) is 4.98 Å². The summed E-state index contributed by atoms with van der Waals surface area (Å²) in [5.41, 5.74) is 5.23. The van der Waals surface area contributed by atoms with Gasteiger partial charge in [0.05, 0.1) is 4.90 Å². The molecule has 2 aromatic rings. The van der Waals surface area contributed by atoms with Crippen LogP contribution in [0.1, 0.15) is 32.0 Å². The first-order valence-electron chi connectivity index (χ1n) is 7.73. The van der Waals surface area contributed by atoms with Crippen molar-refractivity contribution in [1.82, 2.24) is 4.98 Å². The zero-order valence-corrected chi connectivity index (χ0v) is 15.5. The lowest BCUT2D eigenvalue weighted by Crippen LogP contribution is -2.52. The van der Waals surface area contributed by atoms with Gasteiger partial charge in [-0.05, 0) is 31.2 Å². The van der Waals surface area contributed by atoms with E-state index in [9.17, 15) is 13.2 Å². The molecular formula is C18H22N2O4S. The van der Waals surface area contributed by atoms with E-state index < -0.39 is 26.3 Å². The molecule has 1 unspecified atom stereocenters. The van der Waals surface area contributed by atoms with Crippen LogP contribution in [0.2, 0.25) is 0 Å². The zero-order valence-electron chi connectivity index (χ0n) is 14.7. The first kappa shape index (κ1) is 18.9. The number of nitrogens with zero attached hydrogens (tertiary/aromatic N) is 1. The van der Waals surface area contributed by atoms with Gasteiger partial charge in [0.25, 0.3) is 4.93 Å². The topological polar surface area (TPSA) is 99.4 Å². The lowest BCUT2D eigenvalue weighted by atomic mass is 9.86. The number of primary amides is 1. The van der Waals surface area contributed by atoms with E-state index in [1.807, 2.05) is 6.92 Å². The van der Waals surface area contributed by atoms with Crippen LogP contribution in [-0.2, 0) is 19.5 Å². The number of aromatic nitrogens is 1. The fraction of sp³-hybridized carbons (Fsp3) is 0.333. The van der Waals surface area contributed by atoms with Gasteiger partial charge in [0, 0.05) is 11.6 Å². The van der Waals surface area contributed by atoms with E-state index in [4.69, 9.17) is 10.5 Å². The third-order valence-corrected chi connectivity index (χ3v) is 6.50. The van der Waals surface area contributed by atoms with Gasteiger partial charge in [-0.3, -0.25) is 4.98 Å². The highest BCUT2D eigenvalue weighted by Gasteiger charge is 2.59. The Balaban J connectivity index is 2.86. The van der Waals surface area contributed by atoms with E-state index >= 15 is 0 Å². The molecule has 0 bridgehead atoms. The van der Waals surface area contributed by atoms with Crippen LogP contribution >= 0.6 is 0 Å². The Morgan fingerprint density at radius 1 is 1.08 bits per heavy atom. The normalized spacial score (nSPS) is 14.6. The summed E-state index contributed by atoms with van der Waals surface area (Å²) in [6.45, 7) is 6.84. The Bertz CT molecular complexity index is 856. The molecule has 1 aromatic carbocycles. The lowest BCUT2D eigenvalue weighted by molar-refractivity contribution is -0.00601. The first-order chi connectivity index (χ1) is 11.5. The molecule has 25 heavy (non-hydrogen) atoms. The molecule has 1 amide bonds. The van der Waals surface area contributed by atoms with Crippen LogP contribution < -0.4 is 5.73 Å². The molecule has 0 spiro atoms. The predicted molar refractivity (Wildman–Crippen MR) is 94.4 cm³/mol. The molecule has 2 rings (SSSR count). The van der Waals surface area contributed by atoms with Crippen molar-refractivity contribution in [2.75, 3.05) is 0 Å². The molecule has 1 atom stereocenters. The highest BCUT2D eigenvalue weighted by molar-refractivity contribution is 7.92. The number of nitrogens with two attached hydrogens (primary N) is 1. The van der Waals surface area contributed by atoms with Crippen LogP contribution in [-0.4, -0.2) is 19.5 Å². The van der Waals surface area contributed by atoms with Gasteiger partial charge in [-0.2, -0.15) is 0 Å². The number of amides is 1. The number of carbonyl (C=O) groups excluding carboxylic acids is 1. The van der Waals surface area contributed by atoms with Crippen LogP contribution in [0.3, 0.4) is 0 Å². The number of carbonyl (C=O) groups is 1. The van der Waals surface area contributed by atoms with Crippen LogP contribution in [0, 0.1) is 12.3 Å². The molecule has 1 aromatic heterocycles.